The Balaban J connectivity index is 3.53. The molecular weight excluding hydrogens is 175 g/mol. The molecule has 3 N–H and O–H groups in total. The van der Waals surface area contributed by atoms with Crippen LogP contribution in [0.1, 0.15) is 15.9 Å². The number of benzene rings is 1. The summed E-state index contributed by atoms with van der Waals surface area (Å²) in [6, 6.07) is 3.89. The number of anilines is 1. The Kier molecular flexibility index (Phi) is 2.15. The number of aromatic carboxylic acids is 1. The van der Waals surface area contributed by atoms with Crippen LogP contribution in [0.25, 0.3) is 0 Å². The number of rotatable bonds is 1. The highest BCUT2D eigenvalue weighted by atomic mass is 19.1. The van der Waals surface area contributed by atoms with Crippen molar-refractivity contribution in [1.82, 2.24) is 0 Å². The van der Waals surface area contributed by atoms with Crippen molar-refractivity contribution in [2.45, 2.75) is 0 Å². The van der Waals surface area contributed by atoms with E-state index in [2.05, 4.69) is 0 Å². The Hall–Kier alpha value is -2.09. The van der Waals surface area contributed by atoms with Crippen LogP contribution in [0, 0.1) is 17.1 Å². The molecule has 1 aromatic rings. The number of nitrogen functional groups attached to an aromatic ring is 1. The molecule has 0 atom stereocenters. The van der Waals surface area contributed by atoms with Gasteiger partial charge in [0.25, 0.3) is 0 Å². The number of nitrogens with zero attached hydrogens (tertiary/aromatic N) is 1. The summed E-state index contributed by atoms with van der Waals surface area (Å²) in [4.78, 5) is 10.5. The van der Waals surface area contributed by atoms with Gasteiger partial charge in [0.1, 0.15) is 11.6 Å². The number of carbonyl (C=O) groups is 1. The third kappa shape index (κ3) is 1.42. The van der Waals surface area contributed by atoms with E-state index < -0.39 is 17.3 Å². The van der Waals surface area contributed by atoms with Crippen molar-refractivity contribution in [3.05, 3.63) is 29.1 Å². The smallest absolute Gasteiger partial charge is 0.340 e. The lowest BCUT2D eigenvalue weighted by Crippen LogP contribution is -2.06. The van der Waals surface area contributed by atoms with Gasteiger partial charge >= 0.3 is 5.97 Å². The van der Waals surface area contributed by atoms with Gasteiger partial charge < -0.3 is 10.8 Å². The summed E-state index contributed by atoms with van der Waals surface area (Å²) in [7, 11) is 0. The molecule has 0 bridgehead atoms. The van der Waals surface area contributed by atoms with E-state index in [0.717, 1.165) is 6.07 Å². The molecule has 4 nitrogen and oxygen atoms in total. The minimum atomic E-state index is -1.50. The van der Waals surface area contributed by atoms with Gasteiger partial charge in [0.05, 0.1) is 11.3 Å². The molecule has 0 aliphatic heterocycles. The largest absolute Gasteiger partial charge is 0.478 e. The molecule has 0 heterocycles. The molecule has 0 saturated carbocycles. The minimum Gasteiger partial charge on any atom is -0.478 e. The summed E-state index contributed by atoms with van der Waals surface area (Å²) in [5.74, 6) is -2.56. The monoisotopic (exact) mass is 180 g/mol. The molecular formula is C8H5FN2O2. The number of nitrogens with two attached hydrogens (primary N) is 1. The van der Waals surface area contributed by atoms with Crippen LogP contribution in [0.2, 0.25) is 0 Å². The molecule has 13 heavy (non-hydrogen) atoms. The summed E-state index contributed by atoms with van der Waals surface area (Å²) in [5, 5.41) is 17.0. The van der Waals surface area contributed by atoms with Crippen molar-refractivity contribution in [3.63, 3.8) is 0 Å². The predicted octanol–water partition coefficient (Wildman–Crippen LogP) is 0.978. The molecule has 66 valence electrons. The van der Waals surface area contributed by atoms with Crippen LogP contribution in [0.4, 0.5) is 10.1 Å². The normalized spacial score (nSPS) is 9.23. The number of carboxylic acids is 1. The lowest BCUT2D eigenvalue weighted by molar-refractivity contribution is 0.0691. The van der Waals surface area contributed by atoms with Crippen molar-refractivity contribution in [1.29, 1.82) is 5.26 Å². The van der Waals surface area contributed by atoms with Gasteiger partial charge in [-0.2, -0.15) is 5.26 Å². The molecule has 1 rings (SSSR count). The maximum atomic E-state index is 13.0. The first kappa shape index (κ1) is 9.00. The molecule has 0 fully saturated rings. The molecule has 0 unspecified atom stereocenters. The highest BCUT2D eigenvalue weighted by Gasteiger charge is 2.17. The Morgan fingerprint density at radius 2 is 2.23 bits per heavy atom. The van der Waals surface area contributed by atoms with Crippen LogP contribution in [-0.4, -0.2) is 11.1 Å². The van der Waals surface area contributed by atoms with E-state index in [0.29, 0.717) is 0 Å². The van der Waals surface area contributed by atoms with E-state index in [1.54, 1.807) is 6.07 Å². The first-order valence-electron chi connectivity index (χ1n) is 3.29. The van der Waals surface area contributed by atoms with Crippen LogP contribution in [0.3, 0.4) is 0 Å². The maximum Gasteiger partial charge on any atom is 0.340 e. The highest BCUT2D eigenvalue weighted by molar-refractivity contribution is 5.92. The van der Waals surface area contributed by atoms with Gasteiger partial charge in [0, 0.05) is 0 Å². The van der Waals surface area contributed by atoms with Crippen LogP contribution in [0.5, 0.6) is 0 Å². The van der Waals surface area contributed by atoms with Gasteiger partial charge in [-0.05, 0) is 12.1 Å². The number of hydrogen-bond acceptors (Lipinski definition) is 3. The minimum absolute atomic E-state index is 0.237. The molecule has 0 aliphatic rings. The van der Waals surface area contributed by atoms with Gasteiger partial charge in [-0.25, -0.2) is 9.18 Å². The molecule has 0 spiro atoms. The van der Waals surface area contributed by atoms with Crippen molar-refractivity contribution in [2.75, 3.05) is 5.73 Å². The zero-order valence-electron chi connectivity index (χ0n) is 6.41. The lowest BCUT2D eigenvalue weighted by atomic mass is 10.1. The quantitative estimate of drug-likeness (QED) is 0.630. The SMILES string of the molecule is N#Cc1ccc(N)c(F)c1C(=O)O. The molecule has 0 aliphatic carbocycles. The highest BCUT2D eigenvalue weighted by Crippen LogP contribution is 2.18. The molecule has 0 radical (unpaired) electrons. The standard InChI is InChI=1S/C8H5FN2O2/c9-7-5(11)2-1-4(3-10)6(7)8(12)13/h1-2H,11H2,(H,12,13). The molecule has 0 saturated heterocycles. The first-order valence-corrected chi connectivity index (χ1v) is 3.29. The average Bonchev–Trinajstić information content (AvgIpc) is 2.08. The molecule has 1 aromatic carbocycles. The van der Waals surface area contributed by atoms with E-state index in [1.807, 2.05) is 0 Å². The molecule has 0 amide bonds. The van der Waals surface area contributed by atoms with Crippen molar-refractivity contribution < 1.29 is 14.3 Å². The van der Waals surface area contributed by atoms with Gasteiger partial charge in [0.2, 0.25) is 0 Å². The summed E-state index contributed by atoms with van der Waals surface area (Å²) in [6.45, 7) is 0. The fourth-order valence-corrected chi connectivity index (χ4v) is 0.894. The first-order chi connectivity index (χ1) is 6.07. The number of hydrogen-bond donors (Lipinski definition) is 2. The lowest BCUT2D eigenvalue weighted by Gasteiger charge is -2.01. The van der Waals surface area contributed by atoms with Crippen LogP contribution in [0.15, 0.2) is 12.1 Å². The van der Waals surface area contributed by atoms with Crippen molar-refractivity contribution >= 4 is 11.7 Å². The van der Waals surface area contributed by atoms with Crippen molar-refractivity contribution in [3.8, 4) is 6.07 Å². The van der Waals surface area contributed by atoms with Crippen LogP contribution >= 0.6 is 0 Å². The number of halogens is 1. The Morgan fingerprint density at radius 3 is 2.69 bits per heavy atom. The zero-order chi connectivity index (χ0) is 10.0. The summed E-state index contributed by atoms with van der Waals surface area (Å²) >= 11 is 0. The topological polar surface area (TPSA) is 87.1 Å². The van der Waals surface area contributed by atoms with E-state index in [-0.39, 0.29) is 11.3 Å². The zero-order valence-corrected chi connectivity index (χ0v) is 6.41. The second-order valence-electron chi connectivity index (χ2n) is 2.31. The van der Waals surface area contributed by atoms with Gasteiger partial charge in [0.15, 0.2) is 5.82 Å². The van der Waals surface area contributed by atoms with E-state index in [1.165, 1.54) is 6.07 Å². The second kappa shape index (κ2) is 3.11. The Bertz CT molecular complexity index is 409. The molecule has 5 heteroatoms. The Labute approximate surface area is 73.0 Å². The predicted molar refractivity (Wildman–Crippen MR) is 42.5 cm³/mol. The second-order valence-corrected chi connectivity index (χ2v) is 2.31. The molecule has 0 aromatic heterocycles. The van der Waals surface area contributed by atoms with E-state index in [4.69, 9.17) is 16.1 Å². The third-order valence-electron chi connectivity index (χ3n) is 1.51. The summed E-state index contributed by atoms with van der Waals surface area (Å²) in [5.41, 5.74) is 3.94. The number of nitriles is 1. The van der Waals surface area contributed by atoms with Crippen LogP contribution < -0.4 is 5.73 Å². The fraction of sp³-hybridized carbons (Fsp3) is 0. The average molecular weight is 180 g/mol. The third-order valence-corrected chi connectivity index (χ3v) is 1.51. The summed E-state index contributed by atoms with van der Waals surface area (Å²) in [6.07, 6.45) is 0. The van der Waals surface area contributed by atoms with Gasteiger partial charge in [-0.1, -0.05) is 0 Å². The van der Waals surface area contributed by atoms with E-state index >= 15 is 0 Å². The van der Waals surface area contributed by atoms with Crippen LogP contribution in [-0.2, 0) is 0 Å². The summed E-state index contributed by atoms with van der Waals surface area (Å²) < 4.78 is 13.0. The fourth-order valence-electron chi connectivity index (χ4n) is 0.894. The van der Waals surface area contributed by atoms with E-state index in [9.17, 15) is 9.18 Å². The Morgan fingerprint density at radius 1 is 1.62 bits per heavy atom. The van der Waals surface area contributed by atoms with Gasteiger partial charge in [-0.15, -0.1) is 0 Å². The number of carboxylic acid groups (broad SMARTS) is 1. The van der Waals surface area contributed by atoms with Gasteiger partial charge in [-0.3, -0.25) is 0 Å². The van der Waals surface area contributed by atoms with Crippen molar-refractivity contribution in [2.24, 2.45) is 0 Å². The maximum absolute atomic E-state index is 13.0.